The first kappa shape index (κ1) is 26.1. The summed E-state index contributed by atoms with van der Waals surface area (Å²) in [6, 6.07) is 20.9. The van der Waals surface area contributed by atoms with E-state index >= 15 is 0 Å². The maximum Gasteiger partial charge on any atom is 0.248 e. The van der Waals surface area contributed by atoms with Crippen LogP contribution in [0.4, 0.5) is 21.5 Å². The molecular formula is C30H33FN4O2. The lowest BCUT2D eigenvalue weighted by Gasteiger charge is -2.31. The van der Waals surface area contributed by atoms with Crippen LogP contribution in [-0.2, 0) is 9.59 Å². The van der Waals surface area contributed by atoms with Gasteiger partial charge in [-0.25, -0.2) is 4.39 Å². The number of hydrogen-bond acceptors (Lipinski definition) is 4. The van der Waals surface area contributed by atoms with Gasteiger partial charge in [0.25, 0.3) is 0 Å². The Labute approximate surface area is 217 Å². The summed E-state index contributed by atoms with van der Waals surface area (Å²) in [4.78, 5) is 27.9. The van der Waals surface area contributed by atoms with Crippen LogP contribution in [0, 0.1) is 11.7 Å². The molecule has 37 heavy (non-hydrogen) atoms. The number of nitrogen functional groups attached to an aromatic ring is 1. The lowest BCUT2D eigenvalue weighted by atomic mass is 9.88. The summed E-state index contributed by atoms with van der Waals surface area (Å²) in [7, 11) is 0. The van der Waals surface area contributed by atoms with Gasteiger partial charge in [-0.2, -0.15) is 0 Å². The van der Waals surface area contributed by atoms with Crippen LogP contribution >= 0.6 is 0 Å². The summed E-state index contributed by atoms with van der Waals surface area (Å²) in [6.07, 6.45) is 3.21. The number of carbonyl (C=O) groups excluding carboxylic acids is 2. The Morgan fingerprint density at radius 1 is 0.946 bits per heavy atom. The Kier molecular flexibility index (Phi) is 7.74. The third kappa shape index (κ3) is 6.62. The Morgan fingerprint density at radius 3 is 2.27 bits per heavy atom. The van der Waals surface area contributed by atoms with Crippen molar-refractivity contribution in [3.63, 3.8) is 0 Å². The second-order valence-electron chi connectivity index (χ2n) is 10.4. The molecule has 1 heterocycles. The second-order valence-corrected chi connectivity index (χ2v) is 10.4. The normalized spacial score (nSPS) is 18.2. The van der Waals surface area contributed by atoms with Gasteiger partial charge in [0, 0.05) is 36.3 Å². The van der Waals surface area contributed by atoms with Gasteiger partial charge in [0.15, 0.2) is 0 Å². The Bertz CT molecular complexity index is 1280. The monoisotopic (exact) mass is 500 g/mol. The van der Waals surface area contributed by atoms with E-state index in [0.29, 0.717) is 23.6 Å². The van der Waals surface area contributed by atoms with Gasteiger partial charge in [0.1, 0.15) is 5.82 Å². The maximum absolute atomic E-state index is 13.3. The summed E-state index contributed by atoms with van der Waals surface area (Å²) in [6.45, 7) is 7.82. The van der Waals surface area contributed by atoms with Crippen molar-refractivity contribution in [1.82, 2.24) is 4.90 Å². The summed E-state index contributed by atoms with van der Waals surface area (Å²) < 4.78 is 13.3. The molecule has 4 N–H and O–H groups in total. The van der Waals surface area contributed by atoms with E-state index < -0.39 is 0 Å². The molecule has 2 atom stereocenters. The molecule has 192 valence electrons. The molecule has 7 heteroatoms. The zero-order valence-corrected chi connectivity index (χ0v) is 21.4. The zero-order chi connectivity index (χ0) is 26.6. The highest BCUT2D eigenvalue weighted by Gasteiger charge is 2.42. The Morgan fingerprint density at radius 2 is 1.62 bits per heavy atom. The minimum Gasteiger partial charge on any atom is -0.397 e. The predicted octanol–water partition coefficient (Wildman–Crippen LogP) is 5.51. The van der Waals surface area contributed by atoms with Gasteiger partial charge in [0.2, 0.25) is 11.8 Å². The number of halogens is 1. The van der Waals surface area contributed by atoms with Gasteiger partial charge >= 0.3 is 0 Å². The van der Waals surface area contributed by atoms with Crippen LogP contribution in [0.15, 0.2) is 78.9 Å². The average molecular weight is 501 g/mol. The molecule has 1 fully saturated rings. The van der Waals surface area contributed by atoms with E-state index in [1.807, 2.05) is 36.4 Å². The van der Waals surface area contributed by atoms with Crippen LogP contribution in [-0.4, -0.2) is 35.3 Å². The molecule has 4 rings (SSSR count). The number of amides is 2. The topological polar surface area (TPSA) is 87.5 Å². The number of para-hydroxylation sites is 2. The molecule has 2 unspecified atom stereocenters. The molecule has 6 nitrogen and oxygen atoms in total. The number of anilines is 3. The predicted molar refractivity (Wildman–Crippen MR) is 148 cm³/mol. The van der Waals surface area contributed by atoms with Crippen molar-refractivity contribution in [3.8, 4) is 0 Å². The SMILES string of the molecule is CC(C)(C)N1CC(C(=O)Nc2ccc(F)cc2)C(c2ccc(C=CC(=O)Nc3ccccc3N)cc2)C1. The highest BCUT2D eigenvalue weighted by atomic mass is 19.1. The third-order valence-electron chi connectivity index (χ3n) is 6.73. The average Bonchev–Trinajstić information content (AvgIpc) is 3.32. The lowest BCUT2D eigenvalue weighted by Crippen LogP contribution is -2.40. The first-order chi connectivity index (χ1) is 17.6. The van der Waals surface area contributed by atoms with Crippen molar-refractivity contribution in [2.75, 3.05) is 29.5 Å². The number of likely N-dealkylation sites (tertiary alicyclic amines) is 1. The lowest BCUT2D eigenvalue weighted by molar-refractivity contribution is -0.120. The number of rotatable bonds is 6. The molecule has 0 radical (unpaired) electrons. The number of nitrogens with zero attached hydrogens (tertiary/aromatic N) is 1. The number of nitrogens with one attached hydrogen (secondary N) is 2. The van der Waals surface area contributed by atoms with Crippen molar-refractivity contribution in [2.24, 2.45) is 5.92 Å². The highest BCUT2D eigenvalue weighted by Crippen LogP contribution is 2.37. The van der Waals surface area contributed by atoms with Crippen LogP contribution in [0.25, 0.3) is 6.08 Å². The molecule has 2 amide bonds. The smallest absolute Gasteiger partial charge is 0.248 e. The largest absolute Gasteiger partial charge is 0.397 e. The van der Waals surface area contributed by atoms with Gasteiger partial charge in [-0.05, 0) is 74.4 Å². The van der Waals surface area contributed by atoms with Gasteiger partial charge < -0.3 is 16.4 Å². The molecule has 3 aromatic rings. The van der Waals surface area contributed by atoms with Crippen molar-refractivity contribution >= 4 is 35.0 Å². The van der Waals surface area contributed by atoms with Crippen molar-refractivity contribution in [1.29, 1.82) is 0 Å². The van der Waals surface area contributed by atoms with E-state index in [2.05, 4.69) is 36.3 Å². The fraction of sp³-hybridized carbons (Fsp3) is 0.267. The molecule has 0 aromatic heterocycles. The van der Waals surface area contributed by atoms with E-state index in [1.165, 1.54) is 18.2 Å². The van der Waals surface area contributed by atoms with Crippen molar-refractivity contribution < 1.29 is 14.0 Å². The first-order valence-corrected chi connectivity index (χ1v) is 12.3. The van der Waals surface area contributed by atoms with Gasteiger partial charge in [-0.3, -0.25) is 14.5 Å². The van der Waals surface area contributed by atoms with Gasteiger partial charge in [0.05, 0.1) is 17.3 Å². The molecule has 1 aliphatic rings. The van der Waals surface area contributed by atoms with Crippen LogP contribution in [0.2, 0.25) is 0 Å². The minimum atomic E-state index is -0.341. The molecule has 1 saturated heterocycles. The fourth-order valence-electron chi connectivity index (χ4n) is 4.53. The molecule has 3 aromatic carbocycles. The van der Waals surface area contributed by atoms with E-state index in [9.17, 15) is 14.0 Å². The van der Waals surface area contributed by atoms with Crippen LogP contribution in [0.1, 0.15) is 37.8 Å². The molecule has 0 spiro atoms. The fourth-order valence-corrected chi connectivity index (χ4v) is 4.53. The summed E-state index contributed by atoms with van der Waals surface area (Å²) >= 11 is 0. The van der Waals surface area contributed by atoms with E-state index in [4.69, 9.17) is 5.73 Å². The summed E-state index contributed by atoms with van der Waals surface area (Å²) in [5.74, 6) is -0.943. The Balaban J connectivity index is 1.47. The van der Waals surface area contributed by atoms with E-state index in [1.54, 1.807) is 30.3 Å². The van der Waals surface area contributed by atoms with E-state index in [-0.39, 0.29) is 35.0 Å². The van der Waals surface area contributed by atoms with Crippen LogP contribution in [0.5, 0.6) is 0 Å². The molecule has 1 aliphatic heterocycles. The van der Waals surface area contributed by atoms with Crippen LogP contribution < -0.4 is 16.4 Å². The quantitative estimate of drug-likeness (QED) is 0.308. The zero-order valence-electron chi connectivity index (χ0n) is 21.4. The third-order valence-corrected chi connectivity index (χ3v) is 6.73. The first-order valence-electron chi connectivity index (χ1n) is 12.3. The van der Waals surface area contributed by atoms with Crippen LogP contribution in [0.3, 0.4) is 0 Å². The highest BCUT2D eigenvalue weighted by molar-refractivity contribution is 6.03. The summed E-state index contributed by atoms with van der Waals surface area (Å²) in [5.41, 5.74) is 9.39. The second kappa shape index (κ2) is 11.0. The number of hydrogen-bond donors (Lipinski definition) is 3. The molecule has 0 saturated carbocycles. The Hall–Kier alpha value is -3.97. The van der Waals surface area contributed by atoms with E-state index in [0.717, 1.165) is 17.7 Å². The maximum atomic E-state index is 13.3. The minimum absolute atomic E-state index is 0.00190. The summed E-state index contributed by atoms with van der Waals surface area (Å²) in [5, 5.41) is 5.73. The molecular weight excluding hydrogens is 467 g/mol. The molecule has 0 bridgehead atoms. The molecule has 0 aliphatic carbocycles. The van der Waals surface area contributed by atoms with Crippen molar-refractivity contribution in [3.05, 3.63) is 95.8 Å². The van der Waals surface area contributed by atoms with Gasteiger partial charge in [-0.1, -0.05) is 36.4 Å². The number of carbonyl (C=O) groups is 2. The van der Waals surface area contributed by atoms with Crippen molar-refractivity contribution in [2.45, 2.75) is 32.2 Å². The standard InChI is InChI=1S/C30H33FN4O2/c1-30(2,3)35-18-24(25(19-35)29(37)33-23-15-13-22(31)14-16-23)21-11-8-20(9-12-21)10-17-28(36)34-27-7-5-4-6-26(27)32/h4-17,24-25H,18-19,32H2,1-3H3,(H,33,37)(H,34,36). The number of nitrogens with two attached hydrogens (primary N) is 1. The van der Waals surface area contributed by atoms with Gasteiger partial charge in [-0.15, -0.1) is 0 Å². The number of benzene rings is 3.